The third kappa shape index (κ3) is 3.59. The minimum Gasteiger partial charge on any atom is -0.355 e. The van der Waals surface area contributed by atoms with Gasteiger partial charge in [-0.1, -0.05) is 19.1 Å². The highest BCUT2D eigenvalue weighted by Gasteiger charge is 2.13. The van der Waals surface area contributed by atoms with Crippen molar-refractivity contribution in [2.24, 2.45) is 0 Å². The van der Waals surface area contributed by atoms with Gasteiger partial charge >= 0.3 is 0 Å². The molecule has 2 amide bonds. The molecular weight excluding hydrogens is 268 g/mol. The normalized spacial score (nSPS) is 10.6. The minimum absolute atomic E-state index is 0.0355. The third-order valence-electron chi connectivity index (χ3n) is 3.17. The molecule has 1 aromatic heterocycles. The summed E-state index contributed by atoms with van der Waals surface area (Å²) in [7, 11) is 0. The fraction of sp³-hybridized carbons (Fsp3) is 0.400. The van der Waals surface area contributed by atoms with Crippen LogP contribution < -0.4 is 10.6 Å². The third-order valence-corrected chi connectivity index (χ3v) is 3.17. The van der Waals surface area contributed by atoms with Gasteiger partial charge in [-0.05, 0) is 19.1 Å². The van der Waals surface area contributed by atoms with Gasteiger partial charge in [0.1, 0.15) is 12.4 Å². The van der Waals surface area contributed by atoms with E-state index in [2.05, 4.69) is 15.6 Å². The maximum absolute atomic E-state index is 11.9. The molecule has 2 N–H and O–H groups in total. The zero-order valence-corrected chi connectivity index (χ0v) is 12.3. The molecule has 0 spiro atoms. The average Bonchev–Trinajstić information content (AvgIpc) is 2.83. The first-order valence-electron chi connectivity index (χ1n) is 7.13. The molecule has 1 aromatic carbocycles. The number of imidazole rings is 1. The van der Waals surface area contributed by atoms with Crippen LogP contribution in [0, 0.1) is 0 Å². The van der Waals surface area contributed by atoms with Crippen LogP contribution in [0.3, 0.4) is 0 Å². The highest BCUT2D eigenvalue weighted by Crippen LogP contribution is 2.15. The highest BCUT2D eigenvalue weighted by molar-refractivity contribution is 5.81. The van der Waals surface area contributed by atoms with Gasteiger partial charge in [0.05, 0.1) is 17.6 Å². The first-order valence-corrected chi connectivity index (χ1v) is 7.13. The summed E-state index contributed by atoms with van der Waals surface area (Å²) in [5, 5.41) is 5.58. The van der Waals surface area contributed by atoms with Gasteiger partial charge in [0, 0.05) is 13.0 Å². The molecule has 6 nitrogen and oxygen atoms in total. The van der Waals surface area contributed by atoms with Crippen molar-refractivity contribution in [2.45, 2.75) is 33.4 Å². The molecule has 0 radical (unpaired) electrons. The smallest absolute Gasteiger partial charge is 0.239 e. The monoisotopic (exact) mass is 288 g/mol. The van der Waals surface area contributed by atoms with Gasteiger partial charge in [-0.2, -0.15) is 0 Å². The van der Waals surface area contributed by atoms with Gasteiger partial charge in [0.25, 0.3) is 0 Å². The quantitative estimate of drug-likeness (QED) is 0.838. The molecule has 0 aliphatic rings. The second kappa shape index (κ2) is 6.88. The summed E-state index contributed by atoms with van der Waals surface area (Å²) in [6, 6.07) is 7.63. The Morgan fingerprint density at radius 1 is 1.14 bits per heavy atom. The molecule has 0 bridgehead atoms. The van der Waals surface area contributed by atoms with Gasteiger partial charge in [0.15, 0.2) is 0 Å². The SMILES string of the molecule is CCNC(=O)Cn1c(CNC(=O)CC)nc2ccccc21. The fourth-order valence-corrected chi connectivity index (χ4v) is 2.14. The standard InChI is InChI=1S/C15H20N4O2/c1-3-14(20)17-9-13-18-11-7-5-6-8-12(11)19(13)10-15(21)16-4-2/h5-8H,3-4,9-10H2,1-2H3,(H,16,21)(H,17,20). The van der Waals surface area contributed by atoms with Crippen LogP contribution in [0.15, 0.2) is 24.3 Å². The number of nitrogens with zero attached hydrogens (tertiary/aromatic N) is 2. The lowest BCUT2D eigenvalue weighted by molar-refractivity contribution is -0.121. The largest absolute Gasteiger partial charge is 0.355 e. The summed E-state index contributed by atoms with van der Waals surface area (Å²) in [5.41, 5.74) is 1.71. The number of fused-ring (bicyclic) bond motifs is 1. The van der Waals surface area contributed by atoms with E-state index in [0.717, 1.165) is 11.0 Å². The van der Waals surface area contributed by atoms with Gasteiger partial charge in [-0.3, -0.25) is 9.59 Å². The molecule has 1 heterocycles. The van der Waals surface area contributed by atoms with Crippen LogP contribution in [0.4, 0.5) is 0 Å². The van der Waals surface area contributed by atoms with Crippen LogP contribution in [0.2, 0.25) is 0 Å². The van der Waals surface area contributed by atoms with Crippen LogP contribution >= 0.6 is 0 Å². The fourth-order valence-electron chi connectivity index (χ4n) is 2.14. The van der Waals surface area contributed by atoms with Crippen molar-refractivity contribution in [1.82, 2.24) is 20.2 Å². The molecule has 0 atom stereocenters. The van der Waals surface area contributed by atoms with Gasteiger partial charge in [-0.25, -0.2) is 4.98 Å². The number of carbonyl (C=O) groups excluding carboxylic acids is 2. The van der Waals surface area contributed by atoms with E-state index in [1.165, 1.54) is 0 Å². The predicted molar refractivity (Wildman–Crippen MR) is 80.6 cm³/mol. The lowest BCUT2D eigenvalue weighted by Crippen LogP contribution is -2.29. The summed E-state index contributed by atoms with van der Waals surface area (Å²) >= 11 is 0. The second-order valence-electron chi connectivity index (χ2n) is 4.69. The molecule has 2 aromatic rings. The van der Waals surface area contributed by atoms with E-state index in [-0.39, 0.29) is 18.4 Å². The minimum atomic E-state index is -0.0660. The summed E-state index contributed by atoms with van der Waals surface area (Å²) < 4.78 is 1.84. The second-order valence-corrected chi connectivity index (χ2v) is 4.69. The Morgan fingerprint density at radius 2 is 1.90 bits per heavy atom. The Bertz CT molecular complexity index is 648. The average molecular weight is 288 g/mol. The molecule has 0 unspecified atom stereocenters. The molecule has 0 saturated carbocycles. The maximum Gasteiger partial charge on any atom is 0.239 e. The zero-order chi connectivity index (χ0) is 15.2. The highest BCUT2D eigenvalue weighted by atomic mass is 16.2. The zero-order valence-electron chi connectivity index (χ0n) is 12.3. The number of hydrogen-bond acceptors (Lipinski definition) is 3. The number of nitrogens with one attached hydrogen (secondary N) is 2. The van der Waals surface area contributed by atoms with Gasteiger partial charge in [-0.15, -0.1) is 0 Å². The maximum atomic E-state index is 11.9. The number of likely N-dealkylation sites (N-methyl/N-ethyl adjacent to an activating group) is 1. The van der Waals surface area contributed by atoms with Crippen molar-refractivity contribution in [3.05, 3.63) is 30.1 Å². The van der Waals surface area contributed by atoms with Crippen LogP contribution in [0.5, 0.6) is 0 Å². The molecule has 21 heavy (non-hydrogen) atoms. The number of amides is 2. The Morgan fingerprint density at radius 3 is 2.62 bits per heavy atom. The predicted octanol–water partition coefficient (Wildman–Crippen LogP) is 1.20. The number of carbonyl (C=O) groups is 2. The summed E-state index contributed by atoms with van der Waals surface area (Å²) in [6.07, 6.45) is 0.427. The van der Waals surface area contributed by atoms with E-state index in [1.54, 1.807) is 6.92 Å². The summed E-state index contributed by atoms with van der Waals surface area (Å²) in [4.78, 5) is 27.8. The van der Waals surface area contributed by atoms with E-state index >= 15 is 0 Å². The molecule has 0 fully saturated rings. The molecular formula is C15H20N4O2. The molecule has 0 aliphatic carbocycles. The van der Waals surface area contributed by atoms with Crippen molar-refractivity contribution in [3.63, 3.8) is 0 Å². The molecule has 0 saturated heterocycles. The molecule has 112 valence electrons. The van der Waals surface area contributed by atoms with Crippen LogP contribution in [0.1, 0.15) is 26.1 Å². The number of benzene rings is 1. The molecule has 6 heteroatoms. The van der Waals surface area contributed by atoms with Gasteiger partial charge < -0.3 is 15.2 Å². The van der Waals surface area contributed by atoms with Crippen LogP contribution in [-0.2, 0) is 22.7 Å². The van der Waals surface area contributed by atoms with Crippen molar-refractivity contribution in [1.29, 1.82) is 0 Å². The molecule has 2 rings (SSSR count). The number of hydrogen-bond donors (Lipinski definition) is 2. The van der Waals surface area contributed by atoms with E-state index in [0.29, 0.717) is 25.3 Å². The van der Waals surface area contributed by atoms with Crippen molar-refractivity contribution >= 4 is 22.8 Å². The van der Waals surface area contributed by atoms with Crippen molar-refractivity contribution < 1.29 is 9.59 Å². The first-order chi connectivity index (χ1) is 10.2. The van der Waals surface area contributed by atoms with Gasteiger partial charge in [0.2, 0.25) is 11.8 Å². The van der Waals surface area contributed by atoms with Crippen LogP contribution in [0.25, 0.3) is 11.0 Å². The Hall–Kier alpha value is -2.37. The lowest BCUT2D eigenvalue weighted by atomic mass is 10.3. The van der Waals surface area contributed by atoms with E-state index in [1.807, 2.05) is 35.8 Å². The topological polar surface area (TPSA) is 76.0 Å². The molecule has 0 aliphatic heterocycles. The Labute approximate surface area is 123 Å². The van der Waals surface area contributed by atoms with E-state index < -0.39 is 0 Å². The van der Waals surface area contributed by atoms with E-state index in [9.17, 15) is 9.59 Å². The Kier molecular flexibility index (Phi) is 4.92. The number of aromatic nitrogens is 2. The lowest BCUT2D eigenvalue weighted by Gasteiger charge is -2.09. The van der Waals surface area contributed by atoms with Crippen LogP contribution in [-0.4, -0.2) is 27.9 Å². The number of para-hydroxylation sites is 2. The van der Waals surface area contributed by atoms with Crippen molar-refractivity contribution in [3.8, 4) is 0 Å². The summed E-state index contributed by atoms with van der Waals surface area (Å²) in [6.45, 7) is 4.79. The summed E-state index contributed by atoms with van der Waals surface area (Å²) in [5.74, 6) is 0.583. The van der Waals surface area contributed by atoms with Crippen molar-refractivity contribution in [2.75, 3.05) is 6.54 Å². The number of rotatable bonds is 6. The van der Waals surface area contributed by atoms with E-state index in [4.69, 9.17) is 0 Å². The Balaban J connectivity index is 2.29. The first kappa shape index (κ1) is 15.0.